The monoisotopic (exact) mass is 408 g/mol. The first-order valence-corrected chi connectivity index (χ1v) is 11.3. The third-order valence-electron chi connectivity index (χ3n) is 4.90. The van der Waals surface area contributed by atoms with Crippen molar-refractivity contribution < 1.29 is 17.5 Å². The highest BCUT2D eigenvalue weighted by Gasteiger charge is 2.40. The van der Waals surface area contributed by atoms with E-state index in [1.807, 2.05) is 11.8 Å². The molecule has 0 radical (unpaired) electrons. The van der Waals surface area contributed by atoms with Gasteiger partial charge in [0.2, 0.25) is 10.0 Å². The predicted octanol–water partition coefficient (Wildman–Crippen LogP) is 2.36. The van der Waals surface area contributed by atoms with E-state index < -0.39 is 15.8 Å². The molecule has 2 aliphatic rings. The maximum Gasteiger partial charge on any atom is 0.240 e. The van der Waals surface area contributed by atoms with E-state index >= 15 is 0 Å². The molecule has 1 N–H and O–H groups in total. The van der Waals surface area contributed by atoms with Gasteiger partial charge in [-0.15, -0.1) is 0 Å². The van der Waals surface area contributed by atoms with Gasteiger partial charge >= 0.3 is 0 Å². The van der Waals surface area contributed by atoms with Gasteiger partial charge in [-0.25, -0.2) is 17.5 Å². The lowest BCUT2D eigenvalue weighted by atomic mass is 9.88. The molecule has 0 saturated carbocycles. The van der Waals surface area contributed by atoms with Crippen molar-refractivity contribution in [3.63, 3.8) is 0 Å². The van der Waals surface area contributed by atoms with E-state index in [1.54, 1.807) is 0 Å². The predicted molar refractivity (Wildman–Crippen MR) is 98.3 cm³/mol. The van der Waals surface area contributed by atoms with Crippen molar-refractivity contribution in [3.05, 3.63) is 29.0 Å². The summed E-state index contributed by atoms with van der Waals surface area (Å²) in [6.45, 7) is 3.49. The van der Waals surface area contributed by atoms with E-state index in [1.165, 1.54) is 6.07 Å². The molecule has 1 aromatic rings. The fourth-order valence-corrected chi connectivity index (χ4v) is 5.64. The maximum absolute atomic E-state index is 13.3. The van der Waals surface area contributed by atoms with Gasteiger partial charge in [0, 0.05) is 49.9 Å². The molecule has 9 heteroatoms. The zero-order valence-electron chi connectivity index (χ0n) is 13.8. The number of halogens is 2. The Labute approximate surface area is 157 Å². The Bertz CT molecular complexity index is 705. The number of ether oxygens (including phenoxy) is 1. The summed E-state index contributed by atoms with van der Waals surface area (Å²) in [5.41, 5.74) is -0.226. The number of nitrogens with one attached hydrogen (secondary N) is 1. The fraction of sp³-hybridized carbons (Fsp3) is 0.625. The van der Waals surface area contributed by atoms with E-state index in [-0.39, 0.29) is 15.5 Å². The van der Waals surface area contributed by atoms with Gasteiger partial charge in [0.1, 0.15) is 5.82 Å². The second-order valence-corrected chi connectivity index (χ2v) is 9.74. The van der Waals surface area contributed by atoms with Crippen molar-refractivity contribution in [2.45, 2.75) is 23.3 Å². The summed E-state index contributed by atoms with van der Waals surface area (Å²) in [6.07, 6.45) is 1.59. The van der Waals surface area contributed by atoms with Crippen molar-refractivity contribution in [1.29, 1.82) is 0 Å². The second-order valence-electron chi connectivity index (χ2n) is 6.34. The number of hydrogen-bond acceptors (Lipinski definition) is 5. The fourth-order valence-electron chi connectivity index (χ4n) is 3.35. The van der Waals surface area contributed by atoms with E-state index in [9.17, 15) is 12.8 Å². The molecule has 5 nitrogen and oxygen atoms in total. The van der Waals surface area contributed by atoms with Crippen LogP contribution in [0.1, 0.15) is 12.8 Å². The second kappa shape index (κ2) is 8.10. The summed E-state index contributed by atoms with van der Waals surface area (Å²) in [7, 11) is -3.75. The van der Waals surface area contributed by atoms with Gasteiger partial charge in [-0.3, -0.25) is 4.90 Å². The number of rotatable bonds is 5. The molecule has 1 aromatic carbocycles. The first-order chi connectivity index (χ1) is 11.9. The van der Waals surface area contributed by atoms with Crippen molar-refractivity contribution in [3.8, 4) is 0 Å². The highest BCUT2D eigenvalue weighted by Crippen LogP contribution is 2.30. The summed E-state index contributed by atoms with van der Waals surface area (Å²) in [5, 5.41) is -0.197. The number of hydrogen-bond donors (Lipinski definition) is 1. The first-order valence-electron chi connectivity index (χ1n) is 8.28. The minimum Gasteiger partial charge on any atom is -0.381 e. The third kappa shape index (κ3) is 4.48. The lowest BCUT2D eigenvalue weighted by molar-refractivity contribution is -0.0218. The molecule has 140 valence electrons. The Balaban J connectivity index is 1.76. The van der Waals surface area contributed by atoms with Gasteiger partial charge in [-0.05, 0) is 31.0 Å². The number of benzene rings is 1. The molecule has 0 unspecified atom stereocenters. The standard InChI is InChI=1S/C16H22ClFN2O3S2/c17-14-11-13(1-2-15(14)18)25(21,22)19-12-16(3-7-23-8-4-16)20-5-9-24-10-6-20/h1-2,11,19H,3-10,12H2. The summed E-state index contributed by atoms with van der Waals surface area (Å²) >= 11 is 7.65. The molecular formula is C16H22ClFN2O3S2. The van der Waals surface area contributed by atoms with Crippen LogP contribution in [0.4, 0.5) is 4.39 Å². The molecule has 0 aromatic heterocycles. The van der Waals surface area contributed by atoms with Crippen LogP contribution in [0.15, 0.2) is 23.1 Å². The Morgan fingerprint density at radius 1 is 1.28 bits per heavy atom. The average Bonchev–Trinajstić information content (AvgIpc) is 2.64. The van der Waals surface area contributed by atoms with Gasteiger partial charge in [0.15, 0.2) is 0 Å². The van der Waals surface area contributed by atoms with Crippen LogP contribution >= 0.6 is 23.4 Å². The molecule has 0 amide bonds. The van der Waals surface area contributed by atoms with Gasteiger partial charge in [-0.1, -0.05) is 11.6 Å². The molecule has 2 fully saturated rings. The summed E-state index contributed by atoms with van der Waals surface area (Å²) in [4.78, 5) is 2.38. The SMILES string of the molecule is O=S(=O)(NCC1(N2CCSCC2)CCOCC1)c1ccc(F)c(Cl)c1. The summed E-state index contributed by atoms with van der Waals surface area (Å²) < 4.78 is 46.7. The van der Waals surface area contributed by atoms with Crippen LogP contribution in [0.5, 0.6) is 0 Å². The molecule has 2 saturated heterocycles. The maximum atomic E-state index is 13.3. The summed E-state index contributed by atoms with van der Waals surface area (Å²) in [5.74, 6) is 1.48. The van der Waals surface area contributed by atoms with Crippen LogP contribution in [0.2, 0.25) is 5.02 Å². The summed E-state index contributed by atoms with van der Waals surface area (Å²) in [6, 6.07) is 3.45. The average molecular weight is 409 g/mol. The molecule has 0 bridgehead atoms. The van der Waals surface area contributed by atoms with Crippen molar-refractivity contribution in [2.24, 2.45) is 0 Å². The zero-order chi connectivity index (χ0) is 17.9. The molecule has 2 aliphatic heterocycles. The minimum atomic E-state index is -3.75. The Morgan fingerprint density at radius 2 is 1.96 bits per heavy atom. The molecule has 25 heavy (non-hydrogen) atoms. The number of thioether (sulfide) groups is 1. The van der Waals surface area contributed by atoms with Gasteiger partial charge in [0.25, 0.3) is 0 Å². The largest absolute Gasteiger partial charge is 0.381 e. The smallest absolute Gasteiger partial charge is 0.240 e. The Hall–Kier alpha value is -0.380. The van der Waals surface area contributed by atoms with Crippen LogP contribution in [0, 0.1) is 5.82 Å². The number of nitrogens with zero attached hydrogens (tertiary/aromatic N) is 1. The van der Waals surface area contributed by atoms with Crippen molar-refractivity contribution in [2.75, 3.05) is 44.4 Å². The van der Waals surface area contributed by atoms with Crippen LogP contribution in [-0.4, -0.2) is 63.2 Å². The van der Waals surface area contributed by atoms with E-state index in [0.29, 0.717) is 19.8 Å². The van der Waals surface area contributed by atoms with Crippen LogP contribution in [0.3, 0.4) is 0 Å². The molecule has 0 aliphatic carbocycles. The van der Waals surface area contributed by atoms with Crippen molar-refractivity contribution >= 4 is 33.4 Å². The van der Waals surface area contributed by atoms with Crippen LogP contribution < -0.4 is 4.72 Å². The molecular weight excluding hydrogens is 387 g/mol. The first kappa shape index (κ1) is 19.4. The van der Waals surface area contributed by atoms with Crippen molar-refractivity contribution in [1.82, 2.24) is 9.62 Å². The lowest BCUT2D eigenvalue weighted by Crippen LogP contribution is -2.60. The third-order valence-corrected chi connectivity index (χ3v) is 7.53. The highest BCUT2D eigenvalue weighted by atomic mass is 35.5. The topological polar surface area (TPSA) is 58.6 Å². The minimum absolute atomic E-state index is 0.0182. The van der Waals surface area contributed by atoms with Gasteiger partial charge < -0.3 is 4.74 Å². The van der Waals surface area contributed by atoms with Gasteiger partial charge in [-0.2, -0.15) is 11.8 Å². The highest BCUT2D eigenvalue weighted by molar-refractivity contribution is 7.99. The van der Waals surface area contributed by atoms with E-state index in [0.717, 1.165) is 49.6 Å². The van der Waals surface area contributed by atoms with Gasteiger partial charge in [0.05, 0.1) is 9.92 Å². The quantitative estimate of drug-likeness (QED) is 0.810. The van der Waals surface area contributed by atoms with E-state index in [4.69, 9.17) is 16.3 Å². The number of sulfonamides is 1. The molecule has 2 heterocycles. The Morgan fingerprint density at radius 3 is 2.60 bits per heavy atom. The lowest BCUT2D eigenvalue weighted by Gasteiger charge is -2.47. The molecule has 3 rings (SSSR count). The van der Waals surface area contributed by atoms with Crippen LogP contribution in [0.25, 0.3) is 0 Å². The normalized spacial score (nSPS) is 22.0. The zero-order valence-corrected chi connectivity index (χ0v) is 16.2. The Kier molecular flexibility index (Phi) is 6.28. The van der Waals surface area contributed by atoms with E-state index in [2.05, 4.69) is 9.62 Å². The van der Waals surface area contributed by atoms with Crippen LogP contribution in [-0.2, 0) is 14.8 Å². The molecule has 0 atom stereocenters. The molecule has 0 spiro atoms.